The minimum absolute atomic E-state index is 0.0341. The Balaban J connectivity index is 1.53. The first-order valence-electron chi connectivity index (χ1n) is 9.19. The molecule has 6 nitrogen and oxygen atoms in total. The fraction of sp³-hybridized carbons (Fsp3) is 0.130. The monoisotopic (exact) mass is 388 g/mol. The third-order valence-electron chi connectivity index (χ3n) is 4.69. The number of para-hydroxylation sites is 1. The first-order chi connectivity index (χ1) is 14.0. The molecule has 1 heterocycles. The Labute approximate surface area is 167 Å². The number of carbonyl (C=O) groups is 2. The van der Waals surface area contributed by atoms with E-state index in [0.717, 1.165) is 16.4 Å². The summed E-state index contributed by atoms with van der Waals surface area (Å²) in [5, 5.41) is 7.84. The SMILES string of the molecule is COc1cc2c(cc1NCC(=O)Nc1cccc(C(C)=O)c1)oc1ccccc12. The van der Waals surface area contributed by atoms with Gasteiger partial charge in [0.25, 0.3) is 0 Å². The number of benzene rings is 3. The number of fused-ring (bicyclic) bond motifs is 3. The lowest BCUT2D eigenvalue weighted by molar-refractivity contribution is -0.114. The summed E-state index contributed by atoms with van der Waals surface area (Å²) >= 11 is 0. The minimum Gasteiger partial charge on any atom is -0.495 e. The van der Waals surface area contributed by atoms with Crippen LogP contribution in [-0.2, 0) is 4.79 Å². The summed E-state index contributed by atoms with van der Waals surface area (Å²) < 4.78 is 11.4. The second-order valence-electron chi connectivity index (χ2n) is 6.69. The fourth-order valence-electron chi connectivity index (χ4n) is 3.26. The van der Waals surface area contributed by atoms with Crippen LogP contribution in [0.5, 0.6) is 5.75 Å². The molecule has 146 valence electrons. The normalized spacial score (nSPS) is 10.8. The number of hydrogen-bond donors (Lipinski definition) is 2. The van der Waals surface area contributed by atoms with E-state index in [4.69, 9.17) is 9.15 Å². The van der Waals surface area contributed by atoms with Gasteiger partial charge in [0.1, 0.15) is 16.9 Å². The number of nitrogens with one attached hydrogen (secondary N) is 2. The Bertz CT molecular complexity index is 1230. The summed E-state index contributed by atoms with van der Waals surface area (Å²) in [6, 6.07) is 18.4. The molecule has 0 saturated carbocycles. The summed E-state index contributed by atoms with van der Waals surface area (Å²) in [7, 11) is 1.59. The molecule has 0 fully saturated rings. The van der Waals surface area contributed by atoms with Gasteiger partial charge in [-0.2, -0.15) is 0 Å². The van der Waals surface area contributed by atoms with Crippen LogP contribution in [0.25, 0.3) is 21.9 Å². The lowest BCUT2D eigenvalue weighted by Gasteiger charge is -2.12. The topological polar surface area (TPSA) is 80.6 Å². The molecular formula is C23H20N2O4. The van der Waals surface area contributed by atoms with Crippen LogP contribution in [0.4, 0.5) is 11.4 Å². The van der Waals surface area contributed by atoms with Gasteiger partial charge in [-0.1, -0.05) is 30.3 Å². The molecule has 29 heavy (non-hydrogen) atoms. The van der Waals surface area contributed by atoms with Crippen molar-refractivity contribution >= 4 is 45.0 Å². The molecule has 0 aliphatic carbocycles. The number of furan rings is 1. The first kappa shape index (κ1) is 18.6. The van der Waals surface area contributed by atoms with E-state index in [1.807, 2.05) is 36.4 Å². The van der Waals surface area contributed by atoms with Crippen molar-refractivity contribution in [3.05, 3.63) is 66.2 Å². The second-order valence-corrected chi connectivity index (χ2v) is 6.69. The van der Waals surface area contributed by atoms with Crippen LogP contribution in [-0.4, -0.2) is 25.3 Å². The zero-order valence-corrected chi connectivity index (χ0v) is 16.1. The van der Waals surface area contributed by atoms with Crippen molar-refractivity contribution in [1.82, 2.24) is 0 Å². The summed E-state index contributed by atoms with van der Waals surface area (Å²) in [6.45, 7) is 1.52. The van der Waals surface area contributed by atoms with Crippen molar-refractivity contribution in [2.75, 3.05) is 24.3 Å². The second kappa shape index (κ2) is 7.67. The largest absolute Gasteiger partial charge is 0.495 e. The molecule has 3 aromatic carbocycles. The number of amides is 1. The van der Waals surface area contributed by atoms with Crippen LogP contribution < -0.4 is 15.4 Å². The van der Waals surface area contributed by atoms with E-state index in [-0.39, 0.29) is 18.2 Å². The number of carbonyl (C=O) groups excluding carboxylic acids is 2. The molecule has 0 bridgehead atoms. The van der Waals surface area contributed by atoms with Crippen LogP contribution in [0.2, 0.25) is 0 Å². The maximum Gasteiger partial charge on any atom is 0.243 e. The number of ether oxygens (including phenoxy) is 1. The molecule has 0 aliphatic rings. The summed E-state index contributed by atoms with van der Waals surface area (Å²) in [5.41, 5.74) is 3.29. The highest BCUT2D eigenvalue weighted by Gasteiger charge is 2.13. The molecule has 6 heteroatoms. The van der Waals surface area contributed by atoms with Crippen molar-refractivity contribution in [3.63, 3.8) is 0 Å². The van der Waals surface area contributed by atoms with Gasteiger partial charge in [0, 0.05) is 28.1 Å². The van der Waals surface area contributed by atoms with Crippen molar-refractivity contribution < 1.29 is 18.7 Å². The van der Waals surface area contributed by atoms with Crippen molar-refractivity contribution in [2.24, 2.45) is 0 Å². The number of anilines is 2. The zero-order chi connectivity index (χ0) is 20.4. The van der Waals surface area contributed by atoms with Crippen molar-refractivity contribution in [1.29, 1.82) is 0 Å². The molecule has 4 rings (SSSR count). The van der Waals surface area contributed by atoms with E-state index in [1.54, 1.807) is 31.4 Å². The molecule has 0 spiro atoms. The minimum atomic E-state index is -0.238. The maximum absolute atomic E-state index is 12.3. The van der Waals surface area contributed by atoms with Gasteiger partial charge in [-0.3, -0.25) is 9.59 Å². The highest BCUT2D eigenvalue weighted by molar-refractivity contribution is 6.07. The van der Waals surface area contributed by atoms with E-state index in [0.29, 0.717) is 28.3 Å². The van der Waals surface area contributed by atoms with Gasteiger partial charge >= 0.3 is 0 Å². The predicted octanol–water partition coefficient (Wildman–Crippen LogP) is 4.85. The number of ketones is 1. The van der Waals surface area contributed by atoms with Crippen LogP contribution >= 0.6 is 0 Å². The predicted molar refractivity (Wildman–Crippen MR) is 114 cm³/mol. The summed E-state index contributed by atoms with van der Waals surface area (Å²) in [5.74, 6) is 0.330. The third-order valence-corrected chi connectivity index (χ3v) is 4.69. The van der Waals surface area contributed by atoms with Crippen LogP contribution in [0, 0.1) is 0 Å². The van der Waals surface area contributed by atoms with Crippen LogP contribution in [0.15, 0.2) is 65.1 Å². The van der Waals surface area contributed by atoms with Crippen molar-refractivity contribution in [3.8, 4) is 5.75 Å². The Morgan fingerprint density at radius 1 is 0.966 bits per heavy atom. The van der Waals surface area contributed by atoms with Gasteiger partial charge in [0.2, 0.25) is 5.91 Å². The van der Waals surface area contributed by atoms with E-state index in [2.05, 4.69) is 10.6 Å². The van der Waals surface area contributed by atoms with E-state index >= 15 is 0 Å². The van der Waals surface area contributed by atoms with Crippen molar-refractivity contribution in [2.45, 2.75) is 6.92 Å². The van der Waals surface area contributed by atoms with E-state index < -0.39 is 0 Å². The van der Waals surface area contributed by atoms with Gasteiger partial charge in [0.05, 0.1) is 19.3 Å². The lowest BCUT2D eigenvalue weighted by atomic mass is 10.1. The molecule has 2 N–H and O–H groups in total. The molecule has 0 aliphatic heterocycles. The maximum atomic E-state index is 12.3. The first-order valence-corrected chi connectivity index (χ1v) is 9.19. The lowest BCUT2D eigenvalue weighted by Crippen LogP contribution is -2.22. The Hall–Kier alpha value is -3.80. The molecule has 1 aromatic heterocycles. The molecule has 4 aromatic rings. The molecule has 0 unspecified atom stereocenters. The van der Waals surface area contributed by atoms with Gasteiger partial charge < -0.3 is 19.8 Å². The molecule has 1 amide bonds. The highest BCUT2D eigenvalue weighted by atomic mass is 16.5. The quantitative estimate of drug-likeness (QED) is 0.462. The zero-order valence-electron chi connectivity index (χ0n) is 16.1. The van der Waals surface area contributed by atoms with E-state index in [1.165, 1.54) is 6.92 Å². The average molecular weight is 388 g/mol. The van der Waals surface area contributed by atoms with Crippen LogP contribution in [0.1, 0.15) is 17.3 Å². The Morgan fingerprint density at radius 3 is 2.59 bits per heavy atom. The number of rotatable bonds is 6. The summed E-state index contributed by atoms with van der Waals surface area (Å²) in [4.78, 5) is 23.8. The van der Waals surface area contributed by atoms with Gasteiger partial charge in [-0.05, 0) is 31.2 Å². The Morgan fingerprint density at radius 2 is 1.79 bits per heavy atom. The highest BCUT2D eigenvalue weighted by Crippen LogP contribution is 2.36. The standard InChI is InChI=1S/C23H20N2O4/c1-14(26)15-6-5-7-16(10-15)25-23(27)13-24-19-12-21-18(11-22(19)28-2)17-8-3-4-9-20(17)29-21/h3-12,24H,13H2,1-2H3,(H,25,27). The molecule has 0 radical (unpaired) electrons. The van der Waals surface area contributed by atoms with E-state index in [9.17, 15) is 9.59 Å². The number of methoxy groups -OCH3 is 1. The smallest absolute Gasteiger partial charge is 0.243 e. The van der Waals surface area contributed by atoms with Crippen LogP contribution in [0.3, 0.4) is 0 Å². The summed E-state index contributed by atoms with van der Waals surface area (Å²) in [6.07, 6.45) is 0. The van der Waals surface area contributed by atoms with Gasteiger partial charge in [-0.15, -0.1) is 0 Å². The van der Waals surface area contributed by atoms with Gasteiger partial charge in [-0.25, -0.2) is 0 Å². The fourth-order valence-corrected chi connectivity index (χ4v) is 3.26. The molecule has 0 saturated heterocycles. The Kier molecular flexibility index (Phi) is 4.91. The number of hydrogen-bond acceptors (Lipinski definition) is 5. The average Bonchev–Trinajstić information content (AvgIpc) is 3.09. The third kappa shape index (κ3) is 3.78. The van der Waals surface area contributed by atoms with Gasteiger partial charge in [0.15, 0.2) is 5.78 Å². The molecular weight excluding hydrogens is 368 g/mol. The molecule has 0 atom stereocenters. The number of Topliss-reactive ketones (excluding diaryl/α,β-unsaturated/α-hetero) is 1.